The third-order valence-electron chi connectivity index (χ3n) is 3.77. The Balaban J connectivity index is 2.95. The van der Waals surface area contributed by atoms with Gasteiger partial charge in [-0.05, 0) is 0 Å². The molecule has 1 fully saturated rings. The van der Waals surface area contributed by atoms with Gasteiger partial charge in [0.2, 0.25) is 0 Å². The maximum absolute atomic E-state index is 10.9. The van der Waals surface area contributed by atoms with Crippen molar-refractivity contribution in [2.75, 3.05) is 0 Å². The number of nitrogens with one attached hydrogen (secondary N) is 2. The second-order valence-corrected chi connectivity index (χ2v) is 10.7. The van der Waals surface area contributed by atoms with Crippen LogP contribution in [0.2, 0.25) is 10.5 Å². The zero-order valence-corrected chi connectivity index (χ0v) is 12.7. The standard InChI is InChI=1S/C10H17N2O2.2CH3.Ti/c1-10(2)4-8(11-6-13)3-9(5-10)12-7-14;;;/h6-8H,3-5H2,1-2H3,(H,11,13)(H,12,14);2*1H3;. The fraction of sp³-hybridized carbons (Fsp3) is 0.833. The molecule has 1 saturated carbocycles. The molecule has 4 nitrogen and oxygen atoms in total. The Labute approximate surface area is 110 Å². The van der Waals surface area contributed by atoms with Gasteiger partial charge in [-0.2, -0.15) is 0 Å². The zero-order chi connectivity index (χ0) is 13.1. The van der Waals surface area contributed by atoms with E-state index in [0.717, 1.165) is 32.1 Å². The summed E-state index contributed by atoms with van der Waals surface area (Å²) in [6.45, 7) is 4.43. The first kappa shape index (κ1) is 14.7. The van der Waals surface area contributed by atoms with Crippen molar-refractivity contribution >= 4 is 12.8 Å². The summed E-state index contributed by atoms with van der Waals surface area (Å²) in [7, 11) is 0. The van der Waals surface area contributed by atoms with Gasteiger partial charge in [0.25, 0.3) is 0 Å². The van der Waals surface area contributed by atoms with Gasteiger partial charge in [0.05, 0.1) is 0 Å². The van der Waals surface area contributed by atoms with E-state index >= 15 is 0 Å². The summed E-state index contributed by atoms with van der Waals surface area (Å²) >= 11 is -1.33. The van der Waals surface area contributed by atoms with Gasteiger partial charge in [-0.3, -0.25) is 0 Å². The van der Waals surface area contributed by atoms with Crippen LogP contribution in [-0.4, -0.2) is 22.7 Å². The molecule has 0 aromatic rings. The van der Waals surface area contributed by atoms with Crippen molar-refractivity contribution in [3.63, 3.8) is 0 Å². The molecule has 0 heterocycles. The van der Waals surface area contributed by atoms with Crippen LogP contribution in [0, 0.1) is 5.41 Å². The van der Waals surface area contributed by atoms with Crippen molar-refractivity contribution in [3.05, 3.63) is 0 Å². The predicted molar refractivity (Wildman–Crippen MR) is 64.3 cm³/mol. The predicted octanol–water partition coefficient (Wildman–Crippen LogP) is 1.47. The number of hydrogen-bond acceptors (Lipinski definition) is 2. The minimum absolute atomic E-state index is 0.0375. The van der Waals surface area contributed by atoms with Crippen molar-refractivity contribution < 1.29 is 27.5 Å². The van der Waals surface area contributed by atoms with E-state index in [1.54, 1.807) is 0 Å². The molecule has 1 rings (SSSR count). The van der Waals surface area contributed by atoms with Crippen LogP contribution >= 0.6 is 0 Å². The zero-order valence-electron chi connectivity index (χ0n) is 11.2. The van der Waals surface area contributed by atoms with E-state index in [0.29, 0.717) is 0 Å². The van der Waals surface area contributed by atoms with E-state index < -0.39 is 17.9 Å². The summed E-state index contributed by atoms with van der Waals surface area (Å²) < 4.78 is -0.0375. The molecule has 1 aliphatic rings. The molecule has 1 aliphatic carbocycles. The van der Waals surface area contributed by atoms with Gasteiger partial charge in [-0.25, -0.2) is 0 Å². The molecule has 0 aromatic carbocycles. The fourth-order valence-corrected chi connectivity index (χ4v) is 5.95. The topological polar surface area (TPSA) is 58.2 Å². The molecule has 0 saturated heterocycles. The van der Waals surface area contributed by atoms with Gasteiger partial charge in [-0.1, -0.05) is 0 Å². The van der Waals surface area contributed by atoms with Crippen molar-refractivity contribution in [2.24, 2.45) is 5.41 Å². The molecule has 17 heavy (non-hydrogen) atoms. The van der Waals surface area contributed by atoms with Crippen LogP contribution in [0.5, 0.6) is 0 Å². The van der Waals surface area contributed by atoms with Gasteiger partial charge in [-0.15, -0.1) is 0 Å². The molecule has 0 bridgehead atoms. The summed E-state index contributed by atoms with van der Waals surface area (Å²) in [6.07, 6.45) is 4.51. The molecule has 0 aromatic heterocycles. The Kier molecular flexibility index (Phi) is 4.79. The molecule has 0 radical (unpaired) electrons. The van der Waals surface area contributed by atoms with Gasteiger partial charge in [0.1, 0.15) is 0 Å². The van der Waals surface area contributed by atoms with Gasteiger partial charge in [0.15, 0.2) is 0 Å². The molecule has 0 aliphatic heterocycles. The summed E-state index contributed by atoms with van der Waals surface area (Å²) in [5, 5.41) is 10.6. The van der Waals surface area contributed by atoms with Crippen molar-refractivity contribution in [3.8, 4) is 0 Å². The molecular weight excluding hydrogens is 252 g/mol. The summed E-state index contributed by atoms with van der Waals surface area (Å²) in [5.74, 6) is 0. The molecule has 2 N–H and O–H groups in total. The Morgan fingerprint density at radius 1 is 1.18 bits per heavy atom. The van der Waals surface area contributed by atoms with Gasteiger partial charge >= 0.3 is 110 Å². The first-order valence-electron chi connectivity index (χ1n) is 6.07. The Morgan fingerprint density at radius 2 is 1.82 bits per heavy atom. The molecular formula is C12H23N2O2Ti. The van der Waals surface area contributed by atoms with E-state index in [1.807, 2.05) is 0 Å². The monoisotopic (exact) mass is 275 g/mol. The van der Waals surface area contributed by atoms with Crippen molar-refractivity contribution in [2.45, 2.75) is 53.5 Å². The Morgan fingerprint density at radius 3 is 2.29 bits per heavy atom. The number of carbonyl (C=O) groups excluding carboxylic acids is 2. The van der Waals surface area contributed by atoms with Crippen LogP contribution in [0.1, 0.15) is 33.1 Å². The van der Waals surface area contributed by atoms with Gasteiger partial charge in [0, 0.05) is 0 Å². The number of hydrogen-bond donors (Lipinski definition) is 2. The van der Waals surface area contributed by atoms with Crippen molar-refractivity contribution in [1.82, 2.24) is 10.6 Å². The third-order valence-corrected chi connectivity index (χ3v) is 7.58. The SMILES string of the molecule is [CH3][Ti]([CH3])[C]1(NC=O)CC(NC=O)CC(C)(C)C1. The van der Waals surface area contributed by atoms with Crippen LogP contribution in [0.15, 0.2) is 0 Å². The number of carbonyl (C=O) groups is 2. The van der Waals surface area contributed by atoms with E-state index in [-0.39, 0.29) is 15.3 Å². The first-order chi connectivity index (χ1) is 7.85. The third kappa shape index (κ3) is 3.55. The average Bonchev–Trinajstić information content (AvgIpc) is 2.15. The Bertz CT molecular complexity index is 294. The average molecular weight is 275 g/mol. The van der Waals surface area contributed by atoms with E-state index in [1.165, 1.54) is 0 Å². The number of rotatable bonds is 5. The van der Waals surface area contributed by atoms with Crippen LogP contribution in [-0.2, 0) is 27.5 Å². The van der Waals surface area contributed by atoms with Crippen LogP contribution < -0.4 is 10.6 Å². The van der Waals surface area contributed by atoms with E-state index in [4.69, 9.17) is 0 Å². The number of amides is 2. The second-order valence-electron chi connectivity index (χ2n) is 6.07. The normalized spacial score (nSPS) is 31.4. The first-order valence-corrected chi connectivity index (χ1v) is 9.97. The molecule has 0 spiro atoms. The minimum atomic E-state index is -1.33. The van der Waals surface area contributed by atoms with Crippen molar-refractivity contribution in [1.29, 1.82) is 0 Å². The van der Waals surface area contributed by atoms with E-state index in [2.05, 4.69) is 34.9 Å². The summed E-state index contributed by atoms with van der Waals surface area (Å²) in [4.78, 5) is 21.5. The van der Waals surface area contributed by atoms with Crippen LogP contribution in [0.4, 0.5) is 0 Å². The molecule has 97 valence electrons. The summed E-state index contributed by atoms with van der Waals surface area (Å²) in [5.41, 5.74) is 0.166. The van der Waals surface area contributed by atoms with E-state index in [9.17, 15) is 9.59 Å². The molecule has 2 unspecified atom stereocenters. The van der Waals surface area contributed by atoms with Gasteiger partial charge < -0.3 is 0 Å². The fourth-order valence-electron chi connectivity index (χ4n) is 3.08. The molecule has 2 amide bonds. The maximum atomic E-state index is 10.9. The molecule has 2 atom stereocenters. The molecule has 5 heteroatoms. The van der Waals surface area contributed by atoms with Crippen LogP contribution in [0.3, 0.4) is 0 Å². The quantitative estimate of drug-likeness (QED) is 0.589. The second kappa shape index (κ2) is 5.53. The van der Waals surface area contributed by atoms with Crippen LogP contribution in [0.25, 0.3) is 0 Å². The Hall–Kier alpha value is -0.346. The summed E-state index contributed by atoms with van der Waals surface area (Å²) in [6, 6.07) is 0.186.